The minimum absolute atomic E-state index is 0.212. The highest BCUT2D eigenvalue weighted by atomic mass is 19.2. The molecule has 0 N–H and O–H groups in total. The molecule has 0 fully saturated rings. The monoisotopic (exact) mass is 289 g/mol. The number of rotatable bonds is 2. The first-order valence-electron chi connectivity index (χ1n) is 5.07. The molecule has 0 spiro atoms. The van der Waals surface area contributed by atoms with Crippen molar-refractivity contribution in [2.24, 2.45) is 0 Å². The molecule has 0 aliphatic carbocycles. The Balaban J connectivity index is 2.43. The average molecular weight is 289 g/mol. The number of carbonyl (C=O) groups excluding carboxylic acids is 1. The summed E-state index contributed by atoms with van der Waals surface area (Å²) < 4.78 is 69.3. The minimum Gasteiger partial charge on any atom is -0.416 e. The highest BCUT2D eigenvalue weighted by Gasteiger charge is 2.28. The molecule has 0 aliphatic heterocycles. The Bertz CT molecular complexity index is 646. The third kappa shape index (κ3) is 2.31. The molecule has 0 saturated carbocycles. The number of pyridine rings is 1. The number of aromatic nitrogens is 1. The average Bonchev–Trinajstić information content (AvgIpc) is 2.48. The van der Waals surface area contributed by atoms with Gasteiger partial charge in [-0.25, -0.2) is 18.0 Å². The molecule has 0 amide bonds. The van der Waals surface area contributed by atoms with Crippen LogP contribution in [-0.2, 0) is 0 Å². The van der Waals surface area contributed by atoms with Crippen LogP contribution in [0.2, 0.25) is 0 Å². The number of esters is 1. The van der Waals surface area contributed by atoms with Gasteiger partial charge in [0.15, 0.2) is 0 Å². The number of hydrogen-bond donors (Lipinski definition) is 0. The molecule has 8 heteroatoms. The summed E-state index contributed by atoms with van der Waals surface area (Å²) in [6.45, 7) is 0. The first kappa shape index (κ1) is 13.9. The van der Waals surface area contributed by atoms with Gasteiger partial charge in [0.25, 0.3) is 0 Å². The van der Waals surface area contributed by atoms with E-state index in [1.165, 1.54) is 18.3 Å². The van der Waals surface area contributed by atoms with Gasteiger partial charge in [0.05, 0.1) is 5.56 Å². The molecule has 0 atom stereocenters. The van der Waals surface area contributed by atoms with Crippen LogP contribution in [0.25, 0.3) is 0 Å². The van der Waals surface area contributed by atoms with Gasteiger partial charge < -0.3 is 4.74 Å². The van der Waals surface area contributed by atoms with Crippen LogP contribution in [0.5, 0.6) is 5.75 Å². The second-order valence-electron chi connectivity index (χ2n) is 3.53. The van der Waals surface area contributed by atoms with E-state index in [-0.39, 0.29) is 5.56 Å². The van der Waals surface area contributed by atoms with E-state index in [4.69, 9.17) is 0 Å². The Kier molecular flexibility index (Phi) is 3.64. The van der Waals surface area contributed by atoms with E-state index in [0.29, 0.717) is 0 Å². The molecule has 104 valence electrons. The summed E-state index contributed by atoms with van der Waals surface area (Å²) in [6, 6.07) is 2.52. The SMILES string of the molecule is O=C(Oc1c(F)c(F)c(F)c(F)c1F)c1cccnc1. The minimum atomic E-state index is -2.33. The standard InChI is InChI=1S/C12H4F5NO2/c13-6-7(14)9(16)11(10(17)8(6)15)20-12(19)5-2-1-3-18-4-5/h1-4H. The van der Waals surface area contributed by atoms with Crippen LogP contribution in [0.1, 0.15) is 10.4 Å². The molecular formula is C12H4F5NO2. The molecule has 1 heterocycles. The summed E-state index contributed by atoms with van der Waals surface area (Å²) in [5.74, 6) is -14.1. The van der Waals surface area contributed by atoms with Crippen molar-refractivity contribution in [1.82, 2.24) is 4.98 Å². The first-order chi connectivity index (χ1) is 9.43. The lowest BCUT2D eigenvalue weighted by Gasteiger charge is -2.08. The van der Waals surface area contributed by atoms with Crippen molar-refractivity contribution in [1.29, 1.82) is 0 Å². The van der Waals surface area contributed by atoms with Gasteiger partial charge >= 0.3 is 5.97 Å². The lowest BCUT2D eigenvalue weighted by molar-refractivity contribution is 0.0715. The smallest absolute Gasteiger partial charge is 0.345 e. The summed E-state index contributed by atoms with van der Waals surface area (Å²) >= 11 is 0. The van der Waals surface area contributed by atoms with Crippen LogP contribution in [0.3, 0.4) is 0 Å². The van der Waals surface area contributed by atoms with E-state index in [9.17, 15) is 26.7 Å². The summed E-state index contributed by atoms with van der Waals surface area (Å²) in [5.41, 5.74) is -0.212. The van der Waals surface area contributed by atoms with Crippen molar-refractivity contribution in [2.45, 2.75) is 0 Å². The predicted octanol–water partition coefficient (Wildman–Crippen LogP) is 3.00. The zero-order valence-electron chi connectivity index (χ0n) is 9.46. The van der Waals surface area contributed by atoms with Gasteiger partial charge in [0.2, 0.25) is 34.8 Å². The molecule has 0 unspecified atom stereocenters. The number of hydrogen-bond acceptors (Lipinski definition) is 3. The lowest BCUT2D eigenvalue weighted by Crippen LogP contribution is -2.13. The fourth-order valence-corrected chi connectivity index (χ4v) is 1.31. The van der Waals surface area contributed by atoms with Gasteiger partial charge in [-0.05, 0) is 12.1 Å². The molecule has 0 bridgehead atoms. The van der Waals surface area contributed by atoms with Crippen molar-refractivity contribution in [3.8, 4) is 5.75 Å². The van der Waals surface area contributed by atoms with Crippen LogP contribution >= 0.6 is 0 Å². The van der Waals surface area contributed by atoms with E-state index in [0.717, 1.165) is 6.20 Å². The topological polar surface area (TPSA) is 39.2 Å². The maximum atomic E-state index is 13.3. The number of carbonyl (C=O) groups is 1. The van der Waals surface area contributed by atoms with Crippen LogP contribution in [-0.4, -0.2) is 11.0 Å². The molecule has 1 aromatic carbocycles. The number of benzene rings is 1. The zero-order valence-corrected chi connectivity index (χ0v) is 9.46. The normalized spacial score (nSPS) is 10.4. The Labute approximate surface area is 108 Å². The maximum absolute atomic E-state index is 13.3. The van der Waals surface area contributed by atoms with Gasteiger partial charge in [-0.15, -0.1) is 0 Å². The van der Waals surface area contributed by atoms with E-state index >= 15 is 0 Å². The number of halogens is 5. The summed E-state index contributed by atoms with van der Waals surface area (Å²) in [4.78, 5) is 15.0. The third-order valence-corrected chi connectivity index (χ3v) is 2.26. The quantitative estimate of drug-likeness (QED) is 0.280. The molecule has 2 aromatic rings. The second kappa shape index (κ2) is 5.24. The Hall–Kier alpha value is -2.51. The van der Waals surface area contributed by atoms with Crippen molar-refractivity contribution < 1.29 is 31.5 Å². The zero-order chi connectivity index (χ0) is 14.9. The van der Waals surface area contributed by atoms with Crippen molar-refractivity contribution in [2.75, 3.05) is 0 Å². The number of ether oxygens (including phenoxy) is 1. The molecule has 1 aromatic heterocycles. The van der Waals surface area contributed by atoms with E-state index < -0.39 is 40.8 Å². The van der Waals surface area contributed by atoms with Crippen LogP contribution in [0.4, 0.5) is 22.0 Å². The molecule has 0 saturated heterocycles. The van der Waals surface area contributed by atoms with Crippen molar-refractivity contribution in [3.05, 3.63) is 59.2 Å². The lowest BCUT2D eigenvalue weighted by atomic mass is 10.2. The first-order valence-corrected chi connectivity index (χ1v) is 5.07. The van der Waals surface area contributed by atoms with Crippen molar-refractivity contribution >= 4 is 5.97 Å². The summed E-state index contributed by atoms with van der Waals surface area (Å²) in [6.07, 6.45) is 2.32. The summed E-state index contributed by atoms with van der Waals surface area (Å²) in [7, 11) is 0. The highest BCUT2D eigenvalue weighted by molar-refractivity contribution is 5.90. The van der Waals surface area contributed by atoms with Gasteiger partial charge in [-0.3, -0.25) is 4.98 Å². The van der Waals surface area contributed by atoms with E-state index in [1.807, 2.05) is 0 Å². The fraction of sp³-hybridized carbons (Fsp3) is 0. The maximum Gasteiger partial charge on any atom is 0.345 e. The van der Waals surface area contributed by atoms with Gasteiger partial charge in [0, 0.05) is 12.4 Å². The fourth-order valence-electron chi connectivity index (χ4n) is 1.31. The highest BCUT2D eigenvalue weighted by Crippen LogP contribution is 2.29. The predicted molar refractivity (Wildman–Crippen MR) is 55.4 cm³/mol. The van der Waals surface area contributed by atoms with Crippen LogP contribution in [0, 0.1) is 29.1 Å². The number of nitrogens with zero attached hydrogens (tertiary/aromatic N) is 1. The molecule has 0 radical (unpaired) electrons. The van der Waals surface area contributed by atoms with Gasteiger partial charge in [0.1, 0.15) is 0 Å². The Morgan fingerprint density at radius 1 is 0.950 bits per heavy atom. The van der Waals surface area contributed by atoms with Crippen molar-refractivity contribution in [3.63, 3.8) is 0 Å². The molecular weight excluding hydrogens is 285 g/mol. The van der Waals surface area contributed by atoms with E-state index in [2.05, 4.69) is 9.72 Å². The third-order valence-electron chi connectivity index (χ3n) is 2.26. The van der Waals surface area contributed by atoms with Gasteiger partial charge in [-0.2, -0.15) is 8.78 Å². The Morgan fingerprint density at radius 2 is 1.50 bits per heavy atom. The second-order valence-corrected chi connectivity index (χ2v) is 3.53. The molecule has 20 heavy (non-hydrogen) atoms. The van der Waals surface area contributed by atoms with Crippen LogP contribution in [0.15, 0.2) is 24.5 Å². The van der Waals surface area contributed by atoms with E-state index in [1.54, 1.807) is 0 Å². The molecule has 0 aliphatic rings. The molecule has 2 rings (SSSR count). The molecule has 3 nitrogen and oxygen atoms in total. The largest absolute Gasteiger partial charge is 0.416 e. The Morgan fingerprint density at radius 3 is 2.00 bits per heavy atom. The van der Waals surface area contributed by atoms with Gasteiger partial charge in [-0.1, -0.05) is 0 Å². The summed E-state index contributed by atoms with van der Waals surface area (Å²) in [5, 5.41) is 0. The van der Waals surface area contributed by atoms with Crippen LogP contribution < -0.4 is 4.74 Å².